The van der Waals surface area contributed by atoms with Gasteiger partial charge in [-0.05, 0) is 20.9 Å². The fraction of sp³-hybridized carbons (Fsp3) is 0.692. The number of carbonyl (C=O) groups excluding carboxylic acids is 1. The molecule has 0 rings (SSSR count). The first-order chi connectivity index (χ1) is 9.27. The van der Waals surface area contributed by atoms with Crippen LogP contribution in [-0.4, -0.2) is 59.0 Å². The Labute approximate surface area is 119 Å². The maximum Gasteiger partial charge on any atom is 0.323 e. The summed E-state index contributed by atoms with van der Waals surface area (Å²) in [5.41, 5.74) is -1.16. The van der Waals surface area contributed by atoms with E-state index in [4.69, 9.17) is 15.6 Å². The molecule has 0 aliphatic carbocycles. The molecule has 0 radical (unpaired) electrons. The molecule has 0 atom stereocenters. The van der Waals surface area contributed by atoms with Gasteiger partial charge in [0.05, 0.1) is 31.5 Å². The zero-order valence-corrected chi connectivity index (χ0v) is 12.1. The van der Waals surface area contributed by atoms with Crippen LogP contribution in [-0.2, 0) is 9.59 Å². The molecule has 20 heavy (non-hydrogen) atoms. The van der Waals surface area contributed by atoms with Gasteiger partial charge in [0.25, 0.3) is 0 Å². The average molecular weight is 280 g/mol. The average Bonchev–Trinajstić information content (AvgIpc) is 2.38. The Morgan fingerprint density at radius 3 is 1.95 bits per heavy atom. The van der Waals surface area contributed by atoms with Gasteiger partial charge < -0.3 is 10.0 Å². The predicted octanol–water partition coefficient (Wildman–Crippen LogP) is 0.437. The summed E-state index contributed by atoms with van der Waals surface area (Å²) in [6.45, 7) is 3.45. The predicted molar refractivity (Wildman–Crippen MR) is 71.4 cm³/mol. The fourth-order valence-corrected chi connectivity index (χ4v) is 1.39. The van der Waals surface area contributed by atoms with Gasteiger partial charge in [0, 0.05) is 13.1 Å². The van der Waals surface area contributed by atoms with Crippen molar-refractivity contribution in [1.29, 1.82) is 10.5 Å². The monoisotopic (exact) mass is 280 g/mol. The van der Waals surface area contributed by atoms with Gasteiger partial charge in [-0.25, -0.2) is 0 Å². The second kappa shape index (κ2) is 8.13. The van der Waals surface area contributed by atoms with Gasteiger partial charge in [-0.15, -0.1) is 0 Å². The molecule has 0 bridgehead atoms. The molecule has 1 amide bonds. The van der Waals surface area contributed by atoms with Crippen LogP contribution in [0.25, 0.3) is 0 Å². The summed E-state index contributed by atoms with van der Waals surface area (Å²) in [4.78, 5) is 26.1. The Morgan fingerprint density at radius 2 is 1.60 bits per heavy atom. The smallest absolute Gasteiger partial charge is 0.323 e. The molecule has 0 saturated carbocycles. The third-order valence-corrected chi connectivity index (χ3v) is 3.19. The SMILES string of the molecule is CN(CC(=O)N(CCC#N)CCC#N)C(C)(C)C(=O)O. The number of aliphatic carboxylic acids is 1. The van der Waals surface area contributed by atoms with E-state index >= 15 is 0 Å². The molecular weight excluding hydrogens is 260 g/mol. The highest BCUT2D eigenvalue weighted by Crippen LogP contribution is 2.12. The lowest BCUT2D eigenvalue weighted by Gasteiger charge is -2.32. The van der Waals surface area contributed by atoms with Gasteiger partial charge in [-0.1, -0.05) is 0 Å². The summed E-state index contributed by atoms with van der Waals surface area (Å²) in [5, 5.41) is 26.2. The first-order valence-corrected chi connectivity index (χ1v) is 6.23. The van der Waals surface area contributed by atoms with Gasteiger partial charge in [-0.2, -0.15) is 10.5 Å². The van der Waals surface area contributed by atoms with E-state index in [2.05, 4.69) is 0 Å². The van der Waals surface area contributed by atoms with Crippen LogP contribution < -0.4 is 0 Å². The molecule has 0 aromatic rings. The summed E-state index contributed by atoms with van der Waals surface area (Å²) in [7, 11) is 1.55. The van der Waals surface area contributed by atoms with Crippen molar-refractivity contribution in [3.8, 4) is 12.1 Å². The third-order valence-electron chi connectivity index (χ3n) is 3.19. The number of carbonyl (C=O) groups is 2. The first-order valence-electron chi connectivity index (χ1n) is 6.23. The van der Waals surface area contributed by atoms with E-state index in [1.165, 1.54) is 23.6 Å². The highest BCUT2D eigenvalue weighted by atomic mass is 16.4. The summed E-state index contributed by atoms with van der Waals surface area (Å²) in [6, 6.07) is 3.89. The summed E-state index contributed by atoms with van der Waals surface area (Å²) in [5.74, 6) is -1.30. The van der Waals surface area contributed by atoms with E-state index in [1.54, 1.807) is 7.05 Å². The minimum absolute atomic E-state index is 0.0733. The zero-order chi connectivity index (χ0) is 15.8. The standard InChI is InChI=1S/C13H20N4O3/c1-13(2,12(19)20)16(3)10-11(18)17(8-4-6-14)9-5-7-15/h4-5,8-10H2,1-3H3,(H,19,20). The Hall–Kier alpha value is -2.12. The van der Waals surface area contributed by atoms with Crippen LogP contribution in [0, 0.1) is 22.7 Å². The van der Waals surface area contributed by atoms with Gasteiger partial charge in [0.15, 0.2) is 0 Å². The van der Waals surface area contributed by atoms with Crippen molar-refractivity contribution in [2.75, 3.05) is 26.7 Å². The number of rotatable bonds is 8. The van der Waals surface area contributed by atoms with E-state index in [0.29, 0.717) is 0 Å². The van der Waals surface area contributed by atoms with Gasteiger partial charge in [0.2, 0.25) is 5.91 Å². The van der Waals surface area contributed by atoms with Crippen LogP contribution in [0.2, 0.25) is 0 Å². The number of carboxylic acids is 1. The van der Waals surface area contributed by atoms with Gasteiger partial charge in [0.1, 0.15) is 5.54 Å². The van der Waals surface area contributed by atoms with Crippen LogP contribution in [0.15, 0.2) is 0 Å². The van der Waals surface area contributed by atoms with Crippen molar-refractivity contribution in [2.24, 2.45) is 0 Å². The Morgan fingerprint density at radius 1 is 1.15 bits per heavy atom. The zero-order valence-electron chi connectivity index (χ0n) is 12.1. The minimum Gasteiger partial charge on any atom is -0.480 e. The number of hydrogen-bond acceptors (Lipinski definition) is 5. The van der Waals surface area contributed by atoms with Crippen LogP contribution in [0.4, 0.5) is 0 Å². The lowest BCUT2D eigenvalue weighted by molar-refractivity contribution is -0.150. The quantitative estimate of drug-likeness (QED) is 0.691. The van der Waals surface area contributed by atoms with Crippen molar-refractivity contribution in [3.05, 3.63) is 0 Å². The number of amides is 1. The molecule has 1 N–H and O–H groups in total. The summed E-state index contributed by atoms with van der Waals surface area (Å²) in [6.07, 6.45) is 0.367. The molecule has 110 valence electrons. The Bertz CT molecular complexity index is 416. The molecule has 0 aliphatic rings. The molecule has 0 fully saturated rings. The van der Waals surface area contributed by atoms with E-state index in [0.717, 1.165) is 0 Å². The maximum atomic E-state index is 12.1. The van der Waals surface area contributed by atoms with Crippen LogP contribution in [0.1, 0.15) is 26.7 Å². The van der Waals surface area contributed by atoms with Crippen molar-refractivity contribution in [3.63, 3.8) is 0 Å². The van der Waals surface area contributed by atoms with Crippen LogP contribution in [0.3, 0.4) is 0 Å². The molecule has 0 heterocycles. The molecule has 0 aliphatic heterocycles. The highest BCUT2D eigenvalue weighted by molar-refractivity contribution is 5.81. The van der Waals surface area contributed by atoms with Crippen molar-refractivity contribution < 1.29 is 14.7 Å². The second-order valence-corrected chi connectivity index (χ2v) is 4.92. The molecular formula is C13H20N4O3. The highest BCUT2D eigenvalue weighted by Gasteiger charge is 2.33. The van der Waals surface area contributed by atoms with Crippen LogP contribution >= 0.6 is 0 Å². The molecule has 0 spiro atoms. The van der Waals surface area contributed by atoms with E-state index < -0.39 is 11.5 Å². The van der Waals surface area contributed by atoms with E-state index in [-0.39, 0.29) is 38.4 Å². The molecule has 7 heteroatoms. The van der Waals surface area contributed by atoms with Gasteiger partial charge >= 0.3 is 5.97 Å². The number of nitrogens with zero attached hydrogens (tertiary/aromatic N) is 4. The number of likely N-dealkylation sites (N-methyl/N-ethyl adjacent to an activating group) is 1. The summed E-state index contributed by atoms with van der Waals surface area (Å²) < 4.78 is 0. The molecule has 0 saturated heterocycles. The molecule has 0 aromatic heterocycles. The topological polar surface area (TPSA) is 108 Å². The third kappa shape index (κ3) is 5.25. The van der Waals surface area contributed by atoms with Crippen molar-refractivity contribution >= 4 is 11.9 Å². The minimum atomic E-state index is -1.16. The first kappa shape index (κ1) is 17.9. The lowest BCUT2D eigenvalue weighted by atomic mass is 10.0. The molecule has 0 unspecified atom stereocenters. The fourth-order valence-electron chi connectivity index (χ4n) is 1.39. The number of carboxylic acid groups (broad SMARTS) is 1. The van der Waals surface area contributed by atoms with Crippen molar-refractivity contribution in [1.82, 2.24) is 9.80 Å². The lowest BCUT2D eigenvalue weighted by Crippen LogP contribution is -2.52. The maximum absolute atomic E-state index is 12.1. The Balaban J connectivity index is 4.71. The van der Waals surface area contributed by atoms with Crippen LogP contribution in [0.5, 0.6) is 0 Å². The van der Waals surface area contributed by atoms with E-state index in [9.17, 15) is 9.59 Å². The Kier molecular flexibility index (Phi) is 7.27. The number of nitriles is 2. The van der Waals surface area contributed by atoms with Crippen molar-refractivity contribution in [2.45, 2.75) is 32.2 Å². The normalized spacial score (nSPS) is 10.7. The molecule has 7 nitrogen and oxygen atoms in total. The summed E-state index contributed by atoms with van der Waals surface area (Å²) >= 11 is 0. The largest absolute Gasteiger partial charge is 0.480 e. The van der Waals surface area contributed by atoms with E-state index in [1.807, 2.05) is 12.1 Å². The molecule has 0 aromatic carbocycles. The number of hydrogen-bond donors (Lipinski definition) is 1. The second-order valence-electron chi connectivity index (χ2n) is 4.92. The van der Waals surface area contributed by atoms with Gasteiger partial charge in [-0.3, -0.25) is 14.5 Å².